The van der Waals surface area contributed by atoms with E-state index < -0.39 is 9.65 Å². The molecular formula is C15H35PS3. The summed E-state index contributed by atoms with van der Waals surface area (Å²) in [5.41, 5.74) is -0.326. The molecule has 0 N–H and O–H groups in total. The molecule has 0 saturated carbocycles. The lowest BCUT2D eigenvalue weighted by atomic mass is 10.3. The summed E-state index contributed by atoms with van der Waals surface area (Å²) in [6, 6.07) is 0. The van der Waals surface area contributed by atoms with Gasteiger partial charge >= 0.3 is 0 Å². The van der Waals surface area contributed by atoms with E-state index in [9.17, 15) is 0 Å². The minimum absolute atomic E-state index is 0.326. The maximum absolute atomic E-state index is 4.85. The Labute approximate surface area is 135 Å². The van der Waals surface area contributed by atoms with Gasteiger partial charge in [-0.15, -0.1) is 24.5 Å². The van der Waals surface area contributed by atoms with E-state index >= 15 is 0 Å². The van der Waals surface area contributed by atoms with Crippen LogP contribution in [0.4, 0.5) is 0 Å². The lowest BCUT2D eigenvalue weighted by Gasteiger charge is -2.43. The zero-order valence-corrected chi connectivity index (χ0v) is 16.7. The van der Waals surface area contributed by atoms with Crippen molar-refractivity contribution in [3.63, 3.8) is 0 Å². The summed E-state index contributed by atoms with van der Waals surface area (Å²) >= 11 is 9.70. The van der Waals surface area contributed by atoms with Crippen LogP contribution in [0.1, 0.15) is 78.6 Å². The molecule has 0 aromatic carbocycles. The zero-order chi connectivity index (χ0) is 14.6. The van der Waals surface area contributed by atoms with Gasteiger partial charge in [0.15, 0.2) is 0 Å². The maximum atomic E-state index is 4.85. The molecule has 19 heavy (non-hydrogen) atoms. The summed E-state index contributed by atoms with van der Waals surface area (Å²) in [6.45, 7) is 6.90. The third kappa shape index (κ3) is 9.17. The van der Waals surface area contributed by atoms with E-state index in [4.69, 9.17) is 24.5 Å². The van der Waals surface area contributed by atoms with Crippen molar-refractivity contribution in [1.82, 2.24) is 0 Å². The van der Waals surface area contributed by atoms with Crippen LogP contribution in [0.3, 0.4) is 0 Å². The number of hydrogen-bond acceptors (Lipinski definition) is 2. The van der Waals surface area contributed by atoms with Crippen molar-refractivity contribution < 1.29 is 0 Å². The highest BCUT2D eigenvalue weighted by molar-refractivity contribution is 9.14. The Hall–Kier alpha value is 1.48. The van der Waals surface area contributed by atoms with Gasteiger partial charge in [-0.3, -0.25) is 0 Å². The number of unbranched alkanes of at least 4 members (excludes halogenated alkanes) is 6. The molecule has 0 spiro atoms. The van der Waals surface area contributed by atoms with Gasteiger partial charge in [0.2, 0.25) is 0 Å². The van der Waals surface area contributed by atoms with E-state index in [0.29, 0.717) is 0 Å². The first kappa shape index (κ1) is 20.5. The van der Waals surface area contributed by atoms with Crippen LogP contribution in [-0.4, -0.2) is 17.3 Å². The third-order valence-electron chi connectivity index (χ3n) is 3.73. The van der Waals surface area contributed by atoms with E-state index in [-0.39, 0.29) is 5.53 Å². The monoisotopic (exact) mass is 342 g/mol. The predicted octanol–water partition coefficient (Wildman–Crippen LogP) is 7.45. The number of thiol groups is 2. The molecule has 0 amide bonds. The standard InChI is InChI=1S/C15H35PS3/c1-4-7-10-13-19(16(17)18,14-11-8-5-2)15-12-9-6-3/h17-18H,4-15H2,1-3H3. The molecule has 0 unspecified atom stereocenters. The van der Waals surface area contributed by atoms with Gasteiger partial charge < -0.3 is 0 Å². The van der Waals surface area contributed by atoms with E-state index in [2.05, 4.69) is 20.8 Å². The Balaban J connectivity index is 4.48. The lowest BCUT2D eigenvalue weighted by molar-refractivity contribution is 0.753. The molecule has 0 fully saturated rings. The molecule has 0 atom stereocenters. The van der Waals surface area contributed by atoms with Crippen molar-refractivity contribution in [2.75, 3.05) is 17.3 Å². The van der Waals surface area contributed by atoms with Crippen LogP contribution >= 0.6 is 39.7 Å². The summed E-state index contributed by atoms with van der Waals surface area (Å²) in [6.07, 6.45) is 12.4. The Bertz CT molecular complexity index is 171. The highest BCUT2D eigenvalue weighted by atomic mass is 33.4. The van der Waals surface area contributed by atoms with Crippen LogP contribution in [0.2, 0.25) is 0 Å². The summed E-state index contributed by atoms with van der Waals surface area (Å²) in [5, 5.41) is 0. The van der Waals surface area contributed by atoms with Crippen LogP contribution in [-0.2, 0) is 0 Å². The second kappa shape index (κ2) is 13.2. The van der Waals surface area contributed by atoms with Gasteiger partial charge in [-0.2, -0.15) is 0 Å². The van der Waals surface area contributed by atoms with Gasteiger partial charge in [-0.1, -0.05) is 59.3 Å². The van der Waals surface area contributed by atoms with Crippen LogP contribution in [0.15, 0.2) is 0 Å². The van der Waals surface area contributed by atoms with Crippen LogP contribution in [0.5, 0.6) is 0 Å². The zero-order valence-electron chi connectivity index (χ0n) is 13.2. The Morgan fingerprint density at radius 2 is 0.947 bits per heavy atom. The molecule has 0 aliphatic rings. The summed E-state index contributed by atoms with van der Waals surface area (Å²) < 4.78 is 0. The Kier molecular flexibility index (Phi) is 14.2. The lowest BCUT2D eigenvalue weighted by Crippen LogP contribution is -2.10. The van der Waals surface area contributed by atoms with Gasteiger partial charge in [0.05, 0.1) is 0 Å². The Morgan fingerprint density at radius 3 is 1.16 bits per heavy atom. The normalized spacial score (nSPS) is 13.2. The summed E-state index contributed by atoms with van der Waals surface area (Å²) in [4.78, 5) is 0. The van der Waals surface area contributed by atoms with Gasteiger partial charge in [0.1, 0.15) is 0 Å². The first-order chi connectivity index (χ1) is 9.13. The van der Waals surface area contributed by atoms with E-state index in [1.807, 2.05) is 0 Å². The maximum Gasteiger partial charge on any atom is 0.0490 e. The molecule has 0 rings (SSSR count). The van der Waals surface area contributed by atoms with Crippen LogP contribution in [0.25, 0.3) is 0 Å². The number of rotatable bonds is 13. The molecule has 0 nitrogen and oxygen atoms in total. The molecular weight excluding hydrogens is 307 g/mol. The van der Waals surface area contributed by atoms with Gasteiger partial charge in [-0.05, 0) is 36.5 Å². The van der Waals surface area contributed by atoms with Crippen molar-refractivity contribution in [2.24, 2.45) is 0 Å². The predicted molar refractivity (Wildman–Crippen MR) is 106 cm³/mol. The fourth-order valence-electron chi connectivity index (χ4n) is 2.41. The molecule has 0 aliphatic heterocycles. The minimum atomic E-state index is -0.537. The smallest absolute Gasteiger partial charge is 0.0490 e. The Morgan fingerprint density at radius 1 is 0.632 bits per heavy atom. The quantitative estimate of drug-likeness (QED) is 0.194. The fraction of sp³-hybridized carbons (Fsp3) is 1.00. The van der Waals surface area contributed by atoms with Crippen molar-refractivity contribution in [1.29, 1.82) is 0 Å². The van der Waals surface area contributed by atoms with Gasteiger partial charge in [-0.25, -0.2) is 9.65 Å². The summed E-state index contributed by atoms with van der Waals surface area (Å²) in [7, 11) is -0.537. The minimum Gasteiger partial charge on any atom is -0.203 e. The highest BCUT2D eigenvalue weighted by Crippen LogP contribution is 2.81. The molecule has 0 radical (unpaired) electrons. The van der Waals surface area contributed by atoms with Crippen molar-refractivity contribution in [3.05, 3.63) is 0 Å². The second-order valence-electron chi connectivity index (χ2n) is 5.49. The van der Waals surface area contributed by atoms with Gasteiger partial charge in [0, 0.05) is 5.53 Å². The van der Waals surface area contributed by atoms with E-state index in [0.717, 1.165) is 0 Å². The molecule has 118 valence electrons. The molecule has 0 bridgehead atoms. The SMILES string of the molecule is CCCCCS(CCCCC)(CCCCC)P(S)S. The van der Waals surface area contributed by atoms with Crippen molar-refractivity contribution in [3.8, 4) is 0 Å². The summed E-state index contributed by atoms with van der Waals surface area (Å²) in [5.74, 6) is 4.31. The second-order valence-corrected chi connectivity index (χ2v) is 17.6. The van der Waals surface area contributed by atoms with Crippen LogP contribution < -0.4 is 0 Å². The van der Waals surface area contributed by atoms with E-state index in [1.54, 1.807) is 0 Å². The average molecular weight is 343 g/mol. The largest absolute Gasteiger partial charge is 0.203 e. The number of hydrogen-bond donors (Lipinski definition) is 2. The molecule has 4 heteroatoms. The van der Waals surface area contributed by atoms with E-state index in [1.165, 1.54) is 75.0 Å². The third-order valence-corrected chi connectivity index (χ3v) is 17.5. The highest BCUT2D eigenvalue weighted by Gasteiger charge is 2.28. The first-order valence-corrected chi connectivity index (χ1v) is 14.5. The average Bonchev–Trinajstić information content (AvgIpc) is 2.38. The molecule has 0 heterocycles. The molecule has 0 aliphatic carbocycles. The van der Waals surface area contributed by atoms with Crippen molar-refractivity contribution >= 4 is 39.7 Å². The van der Waals surface area contributed by atoms with Crippen molar-refractivity contribution in [2.45, 2.75) is 78.6 Å². The first-order valence-electron chi connectivity index (χ1n) is 8.07. The molecule has 0 aromatic rings. The molecule has 0 aromatic heterocycles. The molecule has 0 saturated heterocycles. The van der Waals surface area contributed by atoms with Crippen LogP contribution in [0, 0.1) is 0 Å². The topological polar surface area (TPSA) is 0 Å². The van der Waals surface area contributed by atoms with Gasteiger partial charge in [0.25, 0.3) is 0 Å². The fourth-order valence-corrected chi connectivity index (χ4v) is 12.8.